The summed E-state index contributed by atoms with van der Waals surface area (Å²) >= 11 is 3.38. The summed E-state index contributed by atoms with van der Waals surface area (Å²) in [4.78, 5) is 11.2. The fraction of sp³-hybridized carbons (Fsp3) is 0.462. The number of nitrogens with one attached hydrogen (secondary N) is 1. The summed E-state index contributed by atoms with van der Waals surface area (Å²) in [6, 6.07) is 8.06. The van der Waals surface area contributed by atoms with Gasteiger partial charge in [-0.05, 0) is 30.5 Å². The summed E-state index contributed by atoms with van der Waals surface area (Å²) in [6.07, 6.45) is 2.44. The van der Waals surface area contributed by atoms with E-state index in [1.54, 1.807) is 0 Å². The van der Waals surface area contributed by atoms with E-state index in [0.717, 1.165) is 23.7 Å². The molecule has 0 radical (unpaired) electrons. The molecule has 0 aliphatic heterocycles. The minimum atomic E-state index is -0.324. The maximum atomic E-state index is 11.2. The van der Waals surface area contributed by atoms with Crippen molar-refractivity contribution < 1.29 is 9.53 Å². The summed E-state index contributed by atoms with van der Waals surface area (Å²) in [7, 11) is 0. The van der Waals surface area contributed by atoms with E-state index >= 15 is 0 Å². The second-order valence-electron chi connectivity index (χ2n) is 3.79. The molecule has 0 saturated heterocycles. The molecule has 17 heavy (non-hydrogen) atoms. The van der Waals surface area contributed by atoms with Gasteiger partial charge in [0.05, 0.1) is 6.61 Å². The van der Waals surface area contributed by atoms with Crippen LogP contribution in [0, 0.1) is 0 Å². The zero-order valence-corrected chi connectivity index (χ0v) is 11.6. The molecule has 0 aliphatic carbocycles. The predicted octanol–water partition coefficient (Wildman–Crippen LogP) is 3.52. The standard InChI is InChI=1S/C13H18BrNO2/c1-2-3-10-17-13(16)15-9-8-11-4-6-12(14)7-5-11/h4-7H,2-3,8-10H2,1H3,(H,15,16). The van der Waals surface area contributed by atoms with Crippen molar-refractivity contribution in [2.45, 2.75) is 26.2 Å². The molecular weight excluding hydrogens is 282 g/mol. The Morgan fingerprint density at radius 2 is 2.06 bits per heavy atom. The fourth-order valence-electron chi connectivity index (χ4n) is 1.32. The van der Waals surface area contributed by atoms with Crippen LogP contribution in [-0.4, -0.2) is 19.2 Å². The molecular formula is C13H18BrNO2. The van der Waals surface area contributed by atoms with Crippen molar-refractivity contribution in [3.05, 3.63) is 34.3 Å². The van der Waals surface area contributed by atoms with E-state index in [4.69, 9.17) is 4.74 Å². The molecule has 0 fully saturated rings. The number of benzene rings is 1. The highest BCUT2D eigenvalue weighted by atomic mass is 79.9. The van der Waals surface area contributed by atoms with Gasteiger partial charge in [0.2, 0.25) is 0 Å². The number of unbranched alkanes of at least 4 members (excludes halogenated alkanes) is 1. The lowest BCUT2D eigenvalue weighted by Crippen LogP contribution is -2.26. The maximum Gasteiger partial charge on any atom is 0.407 e. The van der Waals surface area contributed by atoms with Gasteiger partial charge in [-0.25, -0.2) is 4.79 Å². The third kappa shape index (κ3) is 6.31. The lowest BCUT2D eigenvalue weighted by molar-refractivity contribution is 0.144. The number of amides is 1. The van der Waals surface area contributed by atoms with E-state index in [9.17, 15) is 4.79 Å². The molecule has 0 unspecified atom stereocenters. The number of ether oxygens (including phenoxy) is 1. The van der Waals surface area contributed by atoms with Crippen LogP contribution in [0.4, 0.5) is 4.79 Å². The Morgan fingerprint density at radius 1 is 1.35 bits per heavy atom. The average Bonchev–Trinajstić information content (AvgIpc) is 2.32. The smallest absolute Gasteiger partial charge is 0.407 e. The van der Waals surface area contributed by atoms with E-state index in [2.05, 4.69) is 28.2 Å². The van der Waals surface area contributed by atoms with Crippen LogP contribution in [0.3, 0.4) is 0 Å². The first-order chi connectivity index (χ1) is 8.22. The van der Waals surface area contributed by atoms with Gasteiger partial charge in [0.1, 0.15) is 0 Å². The highest BCUT2D eigenvalue weighted by Gasteiger charge is 2.00. The van der Waals surface area contributed by atoms with Gasteiger partial charge < -0.3 is 10.1 Å². The van der Waals surface area contributed by atoms with Gasteiger partial charge >= 0.3 is 6.09 Å². The number of hydrogen-bond acceptors (Lipinski definition) is 2. The number of hydrogen-bond donors (Lipinski definition) is 1. The molecule has 1 N–H and O–H groups in total. The van der Waals surface area contributed by atoms with Crippen molar-refractivity contribution in [1.29, 1.82) is 0 Å². The fourth-order valence-corrected chi connectivity index (χ4v) is 1.58. The molecule has 0 aromatic heterocycles. The van der Waals surface area contributed by atoms with Gasteiger partial charge in [0.15, 0.2) is 0 Å². The second-order valence-corrected chi connectivity index (χ2v) is 4.71. The summed E-state index contributed by atoms with van der Waals surface area (Å²) in [6.45, 7) is 3.17. The van der Waals surface area contributed by atoms with Crippen LogP contribution in [0.5, 0.6) is 0 Å². The number of carbonyl (C=O) groups is 1. The van der Waals surface area contributed by atoms with E-state index in [1.807, 2.05) is 24.3 Å². The van der Waals surface area contributed by atoms with E-state index in [0.29, 0.717) is 13.2 Å². The summed E-state index contributed by atoms with van der Waals surface area (Å²) in [5, 5.41) is 2.73. The number of halogens is 1. The highest BCUT2D eigenvalue weighted by Crippen LogP contribution is 2.10. The lowest BCUT2D eigenvalue weighted by atomic mass is 10.1. The molecule has 0 aliphatic rings. The number of carbonyl (C=O) groups excluding carboxylic acids is 1. The second kappa shape index (κ2) is 8.12. The lowest BCUT2D eigenvalue weighted by Gasteiger charge is -2.06. The Hall–Kier alpha value is -1.03. The Balaban J connectivity index is 2.14. The number of alkyl carbamates (subject to hydrolysis) is 1. The van der Waals surface area contributed by atoms with Crippen LogP contribution >= 0.6 is 15.9 Å². The minimum absolute atomic E-state index is 0.324. The Morgan fingerprint density at radius 3 is 2.71 bits per heavy atom. The molecule has 4 heteroatoms. The summed E-state index contributed by atoms with van der Waals surface area (Å²) in [5.74, 6) is 0. The third-order valence-corrected chi connectivity index (χ3v) is 2.86. The van der Waals surface area contributed by atoms with Crippen molar-refractivity contribution in [2.24, 2.45) is 0 Å². The number of rotatable bonds is 6. The molecule has 1 rings (SSSR count). The average molecular weight is 300 g/mol. The van der Waals surface area contributed by atoms with Crippen LogP contribution < -0.4 is 5.32 Å². The Bertz CT molecular complexity index is 338. The van der Waals surface area contributed by atoms with Gasteiger partial charge in [-0.1, -0.05) is 41.4 Å². The Labute approximate surface area is 111 Å². The zero-order valence-electron chi connectivity index (χ0n) is 10.0. The van der Waals surface area contributed by atoms with Gasteiger partial charge in [-0.15, -0.1) is 0 Å². The highest BCUT2D eigenvalue weighted by molar-refractivity contribution is 9.10. The Kier molecular flexibility index (Phi) is 6.70. The third-order valence-electron chi connectivity index (χ3n) is 2.33. The van der Waals surface area contributed by atoms with Crippen molar-refractivity contribution in [3.8, 4) is 0 Å². The van der Waals surface area contributed by atoms with Gasteiger partial charge in [-0.3, -0.25) is 0 Å². The topological polar surface area (TPSA) is 38.3 Å². The van der Waals surface area contributed by atoms with E-state index in [-0.39, 0.29) is 6.09 Å². The molecule has 0 bridgehead atoms. The minimum Gasteiger partial charge on any atom is -0.450 e. The summed E-state index contributed by atoms with van der Waals surface area (Å²) < 4.78 is 6.05. The van der Waals surface area contributed by atoms with Crippen LogP contribution in [0.25, 0.3) is 0 Å². The quantitative estimate of drug-likeness (QED) is 0.816. The van der Waals surface area contributed by atoms with Crippen LogP contribution in [-0.2, 0) is 11.2 Å². The molecule has 94 valence electrons. The van der Waals surface area contributed by atoms with E-state index in [1.165, 1.54) is 5.56 Å². The molecule has 1 amide bonds. The van der Waals surface area contributed by atoms with Gasteiger partial charge in [-0.2, -0.15) is 0 Å². The van der Waals surface area contributed by atoms with Gasteiger partial charge in [0, 0.05) is 11.0 Å². The van der Waals surface area contributed by atoms with Crippen LogP contribution in [0.15, 0.2) is 28.7 Å². The molecule has 0 spiro atoms. The van der Waals surface area contributed by atoms with Gasteiger partial charge in [0.25, 0.3) is 0 Å². The van der Waals surface area contributed by atoms with Crippen molar-refractivity contribution in [3.63, 3.8) is 0 Å². The first-order valence-electron chi connectivity index (χ1n) is 5.87. The largest absolute Gasteiger partial charge is 0.450 e. The van der Waals surface area contributed by atoms with Crippen molar-refractivity contribution in [2.75, 3.05) is 13.2 Å². The zero-order chi connectivity index (χ0) is 12.5. The molecule has 0 atom stereocenters. The SMILES string of the molecule is CCCCOC(=O)NCCc1ccc(Br)cc1. The first kappa shape index (κ1) is 14.0. The molecule has 1 aromatic rings. The molecule has 3 nitrogen and oxygen atoms in total. The molecule has 0 saturated carbocycles. The summed E-state index contributed by atoms with van der Waals surface area (Å²) in [5.41, 5.74) is 1.20. The molecule has 1 aromatic carbocycles. The van der Waals surface area contributed by atoms with Crippen LogP contribution in [0.2, 0.25) is 0 Å². The maximum absolute atomic E-state index is 11.2. The predicted molar refractivity (Wildman–Crippen MR) is 72.1 cm³/mol. The first-order valence-corrected chi connectivity index (χ1v) is 6.66. The molecule has 0 heterocycles. The normalized spacial score (nSPS) is 10.0. The van der Waals surface area contributed by atoms with Crippen LogP contribution in [0.1, 0.15) is 25.3 Å². The van der Waals surface area contributed by atoms with Crippen molar-refractivity contribution in [1.82, 2.24) is 5.32 Å². The van der Waals surface area contributed by atoms with Crippen molar-refractivity contribution >= 4 is 22.0 Å². The van der Waals surface area contributed by atoms with E-state index < -0.39 is 0 Å². The monoisotopic (exact) mass is 299 g/mol.